The van der Waals surface area contributed by atoms with Gasteiger partial charge in [0.15, 0.2) is 11.5 Å². The fourth-order valence-corrected chi connectivity index (χ4v) is 5.32. The number of pyridine rings is 1. The minimum absolute atomic E-state index is 0.00718. The first-order valence-electron chi connectivity index (χ1n) is 11.3. The Labute approximate surface area is 221 Å². The third-order valence-electron chi connectivity index (χ3n) is 5.60. The highest BCUT2D eigenvalue weighted by atomic mass is 35.5. The van der Waals surface area contributed by atoms with Gasteiger partial charge in [0.05, 0.1) is 42.6 Å². The van der Waals surface area contributed by atoms with E-state index in [-0.39, 0.29) is 33.5 Å². The molecule has 194 valence electrons. The van der Waals surface area contributed by atoms with Crippen LogP contribution in [-0.2, 0) is 21.4 Å². The van der Waals surface area contributed by atoms with Gasteiger partial charge in [0, 0.05) is 23.3 Å². The largest absolute Gasteiger partial charge is 0.493 e. The average Bonchev–Trinajstić information content (AvgIpc) is 2.89. The van der Waals surface area contributed by atoms with Crippen molar-refractivity contribution in [2.24, 2.45) is 0 Å². The lowest BCUT2D eigenvalue weighted by atomic mass is 10.2. The van der Waals surface area contributed by atoms with Crippen molar-refractivity contribution in [3.8, 4) is 17.6 Å². The van der Waals surface area contributed by atoms with Crippen LogP contribution in [0.3, 0.4) is 0 Å². The molecule has 3 rings (SSSR count). The first kappa shape index (κ1) is 27.8. The monoisotopic (exact) mass is 542 g/mol. The van der Waals surface area contributed by atoms with Gasteiger partial charge in [-0.1, -0.05) is 17.7 Å². The lowest BCUT2D eigenvalue weighted by Gasteiger charge is -2.28. The Hall–Kier alpha value is -3.81. The van der Waals surface area contributed by atoms with Gasteiger partial charge < -0.3 is 14.4 Å². The zero-order valence-corrected chi connectivity index (χ0v) is 22.5. The second-order valence-electron chi connectivity index (χ2n) is 7.98. The molecule has 1 amide bonds. The summed E-state index contributed by atoms with van der Waals surface area (Å²) in [5, 5.41) is 9.98. The van der Waals surface area contributed by atoms with Crippen LogP contribution in [0.15, 0.2) is 59.5 Å². The zero-order valence-electron chi connectivity index (χ0n) is 20.9. The number of benzene rings is 2. The second-order valence-corrected chi connectivity index (χ2v) is 10.3. The molecular formula is C26H27ClN4O5S. The van der Waals surface area contributed by atoms with Crippen molar-refractivity contribution < 1.29 is 22.7 Å². The van der Waals surface area contributed by atoms with Gasteiger partial charge in [-0.05, 0) is 56.3 Å². The standard InChI is InChI=1S/C26H27ClN4O5S/c1-5-30(16-21-8-6-7-18(2)29-21)26(32)17-31(23-11-9-20(27)13-19(23)15-28)37(33,34)22-10-12-24(35-3)25(14-22)36-4/h6-14H,5,16-17H2,1-4H3. The van der Waals surface area contributed by atoms with E-state index in [0.717, 1.165) is 10.00 Å². The number of halogens is 1. The van der Waals surface area contributed by atoms with E-state index in [1.165, 1.54) is 55.5 Å². The zero-order chi connectivity index (χ0) is 27.2. The van der Waals surface area contributed by atoms with Crippen molar-refractivity contribution in [1.29, 1.82) is 5.26 Å². The number of aryl methyl sites for hydroxylation is 1. The Balaban J connectivity index is 2.07. The van der Waals surface area contributed by atoms with Crippen LogP contribution < -0.4 is 13.8 Å². The predicted molar refractivity (Wildman–Crippen MR) is 140 cm³/mol. The maximum absolute atomic E-state index is 13.9. The summed E-state index contributed by atoms with van der Waals surface area (Å²) in [7, 11) is -1.51. The van der Waals surface area contributed by atoms with Crippen molar-refractivity contribution in [3.05, 3.63) is 76.6 Å². The number of sulfonamides is 1. The van der Waals surface area contributed by atoms with Crippen LogP contribution in [0.5, 0.6) is 11.5 Å². The van der Waals surface area contributed by atoms with E-state index in [2.05, 4.69) is 4.98 Å². The third kappa shape index (κ3) is 6.31. The van der Waals surface area contributed by atoms with Gasteiger partial charge in [0.1, 0.15) is 12.6 Å². The van der Waals surface area contributed by atoms with Crippen molar-refractivity contribution in [2.45, 2.75) is 25.3 Å². The summed E-state index contributed by atoms with van der Waals surface area (Å²) < 4.78 is 39.2. The molecule has 1 heterocycles. The molecule has 11 heteroatoms. The van der Waals surface area contributed by atoms with E-state index >= 15 is 0 Å². The summed E-state index contributed by atoms with van der Waals surface area (Å²) in [6.07, 6.45) is 0. The molecule has 0 radical (unpaired) electrons. The van der Waals surface area contributed by atoms with E-state index in [0.29, 0.717) is 18.0 Å². The number of hydrogen-bond donors (Lipinski definition) is 0. The van der Waals surface area contributed by atoms with Crippen molar-refractivity contribution in [3.63, 3.8) is 0 Å². The van der Waals surface area contributed by atoms with Gasteiger partial charge in [0.2, 0.25) is 5.91 Å². The minimum atomic E-state index is -4.33. The predicted octanol–water partition coefficient (Wildman–Crippen LogP) is 4.18. The van der Waals surface area contributed by atoms with Crippen LogP contribution in [0.4, 0.5) is 5.69 Å². The van der Waals surface area contributed by atoms with E-state index in [9.17, 15) is 18.5 Å². The number of likely N-dealkylation sites (N-methyl/N-ethyl adjacent to an activating group) is 1. The summed E-state index contributed by atoms with van der Waals surface area (Å²) in [6.45, 7) is 3.62. The molecule has 37 heavy (non-hydrogen) atoms. The normalized spacial score (nSPS) is 10.9. The molecule has 0 bridgehead atoms. The summed E-state index contributed by atoms with van der Waals surface area (Å²) in [5.74, 6) is 0.0805. The van der Waals surface area contributed by atoms with Gasteiger partial charge in [0.25, 0.3) is 10.0 Å². The first-order chi connectivity index (χ1) is 17.6. The number of aromatic nitrogens is 1. The maximum Gasteiger partial charge on any atom is 0.264 e. The number of amides is 1. The molecule has 2 aromatic carbocycles. The van der Waals surface area contributed by atoms with Gasteiger partial charge in [-0.2, -0.15) is 5.26 Å². The summed E-state index contributed by atoms with van der Waals surface area (Å²) in [4.78, 5) is 19.3. The lowest BCUT2D eigenvalue weighted by molar-refractivity contribution is -0.130. The number of hydrogen-bond acceptors (Lipinski definition) is 7. The van der Waals surface area contributed by atoms with Crippen LogP contribution in [0.1, 0.15) is 23.9 Å². The second kappa shape index (κ2) is 12.0. The number of ether oxygens (including phenoxy) is 2. The molecule has 3 aromatic rings. The van der Waals surface area contributed by atoms with Crippen LogP contribution in [0, 0.1) is 18.3 Å². The molecule has 0 saturated heterocycles. The van der Waals surface area contributed by atoms with E-state index < -0.39 is 22.5 Å². The van der Waals surface area contributed by atoms with Crippen LogP contribution in [-0.4, -0.2) is 51.5 Å². The number of methoxy groups -OCH3 is 2. The van der Waals surface area contributed by atoms with Gasteiger partial charge in [-0.3, -0.25) is 14.1 Å². The number of nitrogens with zero attached hydrogens (tertiary/aromatic N) is 4. The van der Waals surface area contributed by atoms with Crippen molar-refractivity contribution >= 4 is 33.2 Å². The quantitative estimate of drug-likeness (QED) is 0.377. The Morgan fingerprint density at radius 1 is 1.08 bits per heavy atom. The molecule has 0 atom stereocenters. The van der Waals surface area contributed by atoms with Crippen molar-refractivity contribution in [1.82, 2.24) is 9.88 Å². The van der Waals surface area contributed by atoms with E-state index in [1.54, 1.807) is 13.0 Å². The Morgan fingerprint density at radius 2 is 1.81 bits per heavy atom. The molecule has 0 unspecified atom stereocenters. The fraction of sp³-hybridized carbons (Fsp3) is 0.269. The summed E-state index contributed by atoms with van der Waals surface area (Å²) in [6, 6.07) is 15.8. The van der Waals surface area contributed by atoms with E-state index in [4.69, 9.17) is 21.1 Å². The summed E-state index contributed by atoms with van der Waals surface area (Å²) in [5.41, 5.74) is 1.51. The van der Waals surface area contributed by atoms with Crippen LogP contribution in [0.2, 0.25) is 5.02 Å². The number of anilines is 1. The SMILES string of the molecule is CCN(Cc1cccc(C)n1)C(=O)CN(c1ccc(Cl)cc1C#N)S(=O)(=O)c1ccc(OC)c(OC)c1. The molecule has 0 spiro atoms. The molecule has 0 aliphatic heterocycles. The van der Waals surface area contributed by atoms with Gasteiger partial charge in [-0.15, -0.1) is 0 Å². The molecular weight excluding hydrogens is 516 g/mol. The number of carbonyl (C=O) groups is 1. The maximum atomic E-state index is 13.9. The number of rotatable bonds is 10. The molecule has 1 aromatic heterocycles. The highest BCUT2D eigenvalue weighted by molar-refractivity contribution is 7.92. The minimum Gasteiger partial charge on any atom is -0.493 e. The van der Waals surface area contributed by atoms with Crippen LogP contribution >= 0.6 is 11.6 Å². The molecule has 0 N–H and O–H groups in total. The highest BCUT2D eigenvalue weighted by Gasteiger charge is 2.31. The van der Waals surface area contributed by atoms with Gasteiger partial charge in [-0.25, -0.2) is 8.42 Å². The lowest BCUT2D eigenvalue weighted by Crippen LogP contribution is -2.43. The molecule has 0 fully saturated rings. The average molecular weight is 543 g/mol. The van der Waals surface area contributed by atoms with E-state index in [1.807, 2.05) is 25.1 Å². The van der Waals surface area contributed by atoms with Crippen LogP contribution in [0.25, 0.3) is 0 Å². The Kier molecular flexibility index (Phi) is 8.97. The highest BCUT2D eigenvalue weighted by Crippen LogP contribution is 2.34. The topological polar surface area (TPSA) is 113 Å². The molecule has 9 nitrogen and oxygen atoms in total. The summed E-state index contributed by atoms with van der Waals surface area (Å²) >= 11 is 6.05. The van der Waals surface area contributed by atoms with Crippen molar-refractivity contribution in [2.75, 3.05) is 31.6 Å². The Morgan fingerprint density at radius 3 is 2.43 bits per heavy atom. The Bertz CT molecular complexity index is 1440. The molecule has 0 saturated carbocycles. The first-order valence-corrected chi connectivity index (χ1v) is 13.1. The molecule has 0 aliphatic rings. The molecule has 0 aliphatic carbocycles. The fourth-order valence-electron chi connectivity index (χ4n) is 3.70. The third-order valence-corrected chi connectivity index (χ3v) is 7.59. The number of carbonyl (C=O) groups excluding carboxylic acids is 1. The van der Waals surface area contributed by atoms with Gasteiger partial charge >= 0.3 is 0 Å². The number of nitriles is 1. The smallest absolute Gasteiger partial charge is 0.264 e.